The zero-order valence-corrected chi connectivity index (χ0v) is 13.9. The molecule has 1 unspecified atom stereocenters. The van der Waals surface area contributed by atoms with Crippen molar-refractivity contribution in [3.63, 3.8) is 0 Å². The van der Waals surface area contributed by atoms with Gasteiger partial charge in [-0.1, -0.05) is 19.1 Å². The molecule has 0 aliphatic carbocycles. The lowest BCUT2D eigenvalue weighted by molar-refractivity contribution is 0.349. The quantitative estimate of drug-likeness (QED) is 0.928. The first-order chi connectivity index (χ1) is 8.78. The van der Waals surface area contributed by atoms with Gasteiger partial charge in [0.15, 0.2) is 0 Å². The molecular formula is C14H23ClN2O2S. The van der Waals surface area contributed by atoms with E-state index >= 15 is 0 Å². The molecule has 0 amide bonds. The van der Waals surface area contributed by atoms with Crippen LogP contribution in [0.2, 0.25) is 0 Å². The van der Waals surface area contributed by atoms with Crippen LogP contribution in [0.1, 0.15) is 24.5 Å². The molecule has 1 aromatic rings. The Bertz CT molecular complexity index is 589. The normalized spacial score (nSPS) is 23.6. The van der Waals surface area contributed by atoms with Crippen LogP contribution >= 0.6 is 12.4 Å². The van der Waals surface area contributed by atoms with E-state index in [0.29, 0.717) is 24.5 Å². The van der Waals surface area contributed by atoms with Crippen molar-refractivity contribution in [1.82, 2.24) is 4.31 Å². The molecule has 1 aliphatic heterocycles. The number of nitrogens with zero attached hydrogens (tertiary/aromatic N) is 1. The topological polar surface area (TPSA) is 63.4 Å². The van der Waals surface area contributed by atoms with E-state index in [1.807, 2.05) is 32.9 Å². The molecule has 6 heteroatoms. The molecular weight excluding hydrogens is 296 g/mol. The summed E-state index contributed by atoms with van der Waals surface area (Å²) in [5.74, 6) is 0. The van der Waals surface area contributed by atoms with Crippen LogP contribution in [-0.4, -0.2) is 32.4 Å². The molecule has 0 spiro atoms. The maximum absolute atomic E-state index is 12.7. The molecule has 0 aromatic heterocycles. The number of aryl methyl sites for hydroxylation is 2. The molecule has 4 nitrogen and oxygen atoms in total. The predicted octanol–water partition coefficient (Wildman–Crippen LogP) is 2.08. The summed E-state index contributed by atoms with van der Waals surface area (Å²) in [7, 11) is -3.40. The lowest BCUT2D eigenvalue weighted by Crippen LogP contribution is -2.34. The second-order valence-corrected chi connectivity index (χ2v) is 7.78. The van der Waals surface area contributed by atoms with Crippen LogP contribution < -0.4 is 5.73 Å². The summed E-state index contributed by atoms with van der Waals surface area (Å²) < 4.78 is 27.0. The van der Waals surface area contributed by atoms with Crippen LogP contribution in [0.25, 0.3) is 0 Å². The molecule has 0 bridgehead atoms. The van der Waals surface area contributed by atoms with Gasteiger partial charge >= 0.3 is 0 Å². The van der Waals surface area contributed by atoms with E-state index in [4.69, 9.17) is 5.73 Å². The zero-order chi connectivity index (χ0) is 14.3. The maximum atomic E-state index is 12.7. The summed E-state index contributed by atoms with van der Waals surface area (Å²) >= 11 is 0. The number of sulfonamides is 1. The summed E-state index contributed by atoms with van der Waals surface area (Å²) in [6.45, 7) is 7.39. The summed E-state index contributed by atoms with van der Waals surface area (Å²) in [5, 5.41) is 0. The van der Waals surface area contributed by atoms with Crippen LogP contribution in [0, 0.1) is 19.3 Å². The Kier molecular flexibility index (Phi) is 5.24. The fraction of sp³-hybridized carbons (Fsp3) is 0.571. The van der Waals surface area contributed by atoms with Gasteiger partial charge in [0.1, 0.15) is 0 Å². The first-order valence-corrected chi connectivity index (χ1v) is 8.00. The van der Waals surface area contributed by atoms with E-state index in [9.17, 15) is 8.42 Å². The fourth-order valence-corrected chi connectivity index (χ4v) is 4.38. The highest BCUT2D eigenvalue weighted by Gasteiger charge is 2.39. The molecule has 0 saturated carbocycles. The van der Waals surface area contributed by atoms with E-state index < -0.39 is 10.0 Å². The second-order valence-electron chi connectivity index (χ2n) is 5.87. The van der Waals surface area contributed by atoms with E-state index in [2.05, 4.69) is 0 Å². The number of benzene rings is 1. The minimum atomic E-state index is -3.40. The van der Waals surface area contributed by atoms with Crippen LogP contribution in [-0.2, 0) is 10.0 Å². The molecule has 1 atom stereocenters. The Labute approximate surface area is 127 Å². The van der Waals surface area contributed by atoms with Crippen LogP contribution in [0.15, 0.2) is 23.1 Å². The van der Waals surface area contributed by atoms with Gasteiger partial charge in [-0.25, -0.2) is 8.42 Å². The Morgan fingerprint density at radius 3 is 2.55 bits per heavy atom. The van der Waals surface area contributed by atoms with Gasteiger partial charge in [-0.3, -0.25) is 0 Å². The zero-order valence-electron chi connectivity index (χ0n) is 12.2. The standard InChI is InChI=1S/C14H22N2O2S.ClH/c1-11-4-5-12(2)13(8-11)19(17,18)16-7-6-14(3,9-15)10-16;/h4-5,8H,6-7,9-10,15H2,1-3H3;1H. The van der Waals surface area contributed by atoms with Gasteiger partial charge in [-0.05, 0) is 49.4 Å². The molecule has 1 heterocycles. The molecule has 0 radical (unpaired) electrons. The van der Waals surface area contributed by atoms with Crippen LogP contribution in [0.3, 0.4) is 0 Å². The summed E-state index contributed by atoms with van der Waals surface area (Å²) in [6.07, 6.45) is 0.827. The van der Waals surface area contributed by atoms with Crippen molar-refractivity contribution in [2.75, 3.05) is 19.6 Å². The highest BCUT2D eigenvalue weighted by molar-refractivity contribution is 7.89. The average Bonchev–Trinajstić information content (AvgIpc) is 2.76. The third kappa shape index (κ3) is 3.17. The first-order valence-electron chi connectivity index (χ1n) is 6.56. The van der Waals surface area contributed by atoms with Crippen molar-refractivity contribution in [1.29, 1.82) is 0 Å². The Morgan fingerprint density at radius 2 is 2.00 bits per heavy atom. The second kappa shape index (κ2) is 6.02. The van der Waals surface area contributed by atoms with Crippen LogP contribution in [0.5, 0.6) is 0 Å². The predicted molar refractivity (Wildman–Crippen MR) is 83.7 cm³/mol. The number of hydrogen-bond acceptors (Lipinski definition) is 3. The maximum Gasteiger partial charge on any atom is 0.243 e. The number of halogens is 1. The van der Waals surface area contributed by atoms with Crippen molar-refractivity contribution in [2.24, 2.45) is 11.1 Å². The molecule has 1 saturated heterocycles. The summed E-state index contributed by atoms with van der Waals surface area (Å²) in [5.41, 5.74) is 7.41. The van der Waals surface area contributed by atoms with Crippen molar-refractivity contribution in [2.45, 2.75) is 32.1 Å². The monoisotopic (exact) mass is 318 g/mol. The third-order valence-corrected chi connectivity index (χ3v) is 5.96. The number of hydrogen-bond donors (Lipinski definition) is 1. The van der Waals surface area contributed by atoms with Crippen molar-refractivity contribution in [3.05, 3.63) is 29.3 Å². The van der Waals surface area contributed by atoms with E-state index in [1.54, 1.807) is 10.4 Å². The Balaban J connectivity index is 0.00000200. The van der Waals surface area contributed by atoms with Gasteiger partial charge in [0, 0.05) is 13.1 Å². The van der Waals surface area contributed by atoms with E-state index in [0.717, 1.165) is 17.5 Å². The minimum Gasteiger partial charge on any atom is -0.330 e. The average molecular weight is 319 g/mol. The Hall–Kier alpha value is -0.620. The summed E-state index contributed by atoms with van der Waals surface area (Å²) in [6, 6.07) is 5.55. The van der Waals surface area contributed by atoms with Gasteiger partial charge in [-0.15, -0.1) is 12.4 Å². The molecule has 1 aromatic carbocycles. The molecule has 20 heavy (non-hydrogen) atoms. The number of rotatable bonds is 3. The lowest BCUT2D eigenvalue weighted by atomic mass is 9.90. The minimum absolute atomic E-state index is 0. The molecule has 1 fully saturated rings. The van der Waals surface area contributed by atoms with E-state index in [-0.39, 0.29) is 17.8 Å². The highest BCUT2D eigenvalue weighted by atomic mass is 35.5. The highest BCUT2D eigenvalue weighted by Crippen LogP contribution is 2.33. The van der Waals surface area contributed by atoms with Gasteiger partial charge in [0.2, 0.25) is 10.0 Å². The van der Waals surface area contributed by atoms with Crippen molar-refractivity contribution in [3.8, 4) is 0 Å². The largest absolute Gasteiger partial charge is 0.330 e. The molecule has 114 valence electrons. The van der Waals surface area contributed by atoms with Gasteiger partial charge < -0.3 is 5.73 Å². The number of nitrogens with two attached hydrogens (primary N) is 1. The lowest BCUT2D eigenvalue weighted by Gasteiger charge is -2.23. The van der Waals surface area contributed by atoms with Gasteiger partial charge in [-0.2, -0.15) is 4.31 Å². The van der Waals surface area contributed by atoms with E-state index in [1.165, 1.54) is 0 Å². The Morgan fingerprint density at radius 1 is 1.35 bits per heavy atom. The summed E-state index contributed by atoms with van der Waals surface area (Å²) in [4.78, 5) is 0.425. The van der Waals surface area contributed by atoms with Crippen LogP contribution in [0.4, 0.5) is 0 Å². The fourth-order valence-electron chi connectivity index (χ4n) is 2.47. The molecule has 1 aliphatic rings. The first kappa shape index (κ1) is 17.4. The smallest absolute Gasteiger partial charge is 0.243 e. The van der Waals surface area contributed by atoms with Crippen molar-refractivity contribution < 1.29 is 8.42 Å². The van der Waals surface area contributed by atoms with Gasteiger partial charge in [0.25, 0.3) is 0 Å². The third-order valence-electron chi connectivity index (χ3n) is 3.98. The molecule has 2 N–H and O–H groups in total. The van der Waals surface area contributed by atoms with Crippen molar-refractivity contribution >= 4 is 22.4 Å². The van der Waals surface area contributed by atoms with Gasteiger partial charge in [0.05, 0.1) is 4.90 Å². The molecule has 2 rings (SSSR count). The SMILES string of the molecule is Cc1ccc(C)c(S(=O)(=O)N2CCC(C)(CN)C2)c1.Cl.